The standard InChI is InChI=1S/C26H37N3O4/c1-2-3-19-33-25(32)26(15-9-5-4-6-10-16-26)28-17-13-20(14-18-28)29-22-12-8-7-11-21(22)27-23(30)24(29)31/h7-8,11-12,20H,2-6,9-10,13-19H2,1H3,(H,27,30). The molecule has 1 saturated carbocycles. The first kappa shape index (κ1) is 23.7. The van der Waals surface area contributed by atoms with Crippen molar-refractivity contribution in [3.63, 3.8) is 0 Å². The highest BCUT2D eigenvalue weighted by atomic mass is 16.5. The molecule has 1 aliphatic carbocycles. The van der Waals surface area contributed by atoms with Crippen LogP contribution in [0, 0.1) is 0 Å². The van der Waals surface area contributed by atoms with Crippen molar-refractivity contribution in [2.45, 2.75) is 89.1 Å². The molecule has 1 aliphatic heterocycles. The van der Waals surface area contributed by atoms with Crippen LogP contribution in [0.15, 0.2) is 33.9 Å². The van der Waals surface area contributed by atoms with Crippen LogP contribution in [-0.2, 0) is 9.53 Å². The number of hydrogen-bond donors (Lipinski definition) is 1. The fourth-order valence-electron chi connectivity index (χ4n) is 5.68. The molecule has 0 bridgehead atoms. The summed E-state index contributed by atoms with van der Waals surface area (Å²) in [6.45, 7) is 4.04. The molecule has 2 fully saturated rings. The molecule has 0 atom stereocenters. The van der Waals surface area contributed by atoms with E-state index in [1.807, 2.05) is 24.3 Å². The van der Waals surface area contributed by atoms with Gasteiger partial charge in [0.1, 0.15) is 5.54 Å². The average Bonchev–Trinajstić information content (AvgIpc) is 2.80. The molecular formula is C26H37N3O4. The Morgan fingerprint density at radius 3 is 2.42 bits per heavy atom. The number of carbonyl (C=O) groups excluding carboxylic acids is 1. The third-order valence-electron chi connectivity index (χ3n) is 7.55. The van der Waals surface area contributed by atoms with Crippen LogP contribution in [-0.4, -0.2) is 45.7 Å². The number of benzene rings is 1. The van der Waals surface area contributed by atoms with Gasteiger partial charge < -0.3 is 9.72 Å². The van der Waals surface area contributed by atoms with Crippen LogP contribution < -0.4 is 11.1 Å². The second kappa shape index (κ2) is 10.7. The maximum absolute atomic E-state index is 13.4. The molecule has 0 spiro atoms. The largest absolute Gasteiger partial charge is 0.464 e. The Kier molecular flexibility index (Phi) is 7.68. The van der Waals surface area contributed by atoms with Gasteiger partial charge in [-0.2, -0.15) is 0 Å². The molecule has 0 amide bonds. The molecule has 1 N–H and O–H groups in total. The summed E-state index contributed by atoms with van der Waals surface area (Å²) in [5.41, 5.74) is -0.181. The van der Waals surface area contributed by atoms with E-state index in [2.05, 4.69) is 16.8 Å². The summed E-state index contributed by atoms with van der Waals surface area (Å²) < 4.78 is 7.47. The Morgan fingerprint density at radius 2 is 1.73 bits per heavy atom. The molecular weight excluding hydrogens is 418 g/mol. The molecule has 1 saturated heterocycles. The fraction of sp³-hybridized carbons (Fsp3) is 0.654. The van der Waals surface area contributed by atoms with E-state index in [1.165, 1.54) is 6.42 Å². The van der Waals surface area contributed by atoms with Gasteiger partial charge in [0, 0.05) is 19.1 Å². The average molecular weight is 456 g/mol. The number of piperidine rings is 1. The molecule has 2 aromatic rings. The molecule has 0 radical (unpaired) electrons. The van der Waals surface area contributed by atoms with Crippen LogP contribution >= 0.6 is 0 Å². The van der Waals surface area contributed by atoms with Crippen LogP contribution in [0.5, 0.6) is 0 Å². The van der Waals surface area contributed by atoms with E-state index in [0.29, 0.717) is 12.1 Å². The van der Waals surface area contributed by atoms with E-state index in [9.17, 15) is 14.4 Å². The zero-order valence-electron chi connectivity index (χ0n) is 19.8. The quantitative estimate of drug-likeness (QED) is 0.402. The minimum Gasteiger partial charge on any atom is -0.464 e. The number of aromatic nitrogens is 2. The summed E-state index contributed by atoms with van der Waals surface area (Å²) in [6.07, 6.45) is 10.7. The van der Waals surface area contributed by atoms with Gasteiger partial charge in [-0.15, -0.1) is 0 Å². The van der Waals surface area contributed by atoms with Crippen LogP contribution in [0.3, 0.4) is 0 Å². The van der Waals surface area contributed by atoms with Crippen LogP contribution in [0.1, 0.15) is 83.6 Å². The lowest BCUT2D eigenvalue weighted by molar-refractivity contribution is -0.162. The van der Waals surface area contributed by atoms with Gasteiger partial charge in [0.15, 0.2) is 0 Å². The predicted molar refractivity (Wildman–Crippen MR) is 130 cm³/mol. The smallest absolute Gasteiger partial charge is 0.326 e. The number of likely N-dealkylation sites (tertiary alicyclic amines) is 1. The number of fused-ring (bicyclic) bond motifs is 1. The Bertz CT molecular complexity index is 1060. The lowest BCUT2D eigenvalue weighted by Gasteiger charge is -2.46. The van der Waals surface area contributed by atoms with E-state index in [0.717, 1.165) is 82.8 Å². The zero-order valence-corrected chi connectivity index (χ0v) is 19.8. The summed E-state index contributed by atoms with van der Waals surface area (Å²) in [5, 5.41) is 0. The molecule has 2 heterocycles. The minimum absolute atomic E-state index is 0.0531. The number of H-pyrrole nitrogens is 1. The van der Waals surface area contributed by atoms with Gasteiger partial charge in [-0.25, -0.2) is 0 Å². The van der Waals surface area contributed by atoms with Crippen LogP contribution in [0.4, 0.5) is 0 Å². The number of nitrogens with one attached hydrogen (secondary N) is 1. The first-order valence-corrected chi connectivity index (χ1v) is 12.7. The number of rotatable bonds is 6. The van der Waals surface area contributed by atoms with Gasteiger partial charge in [0.05, 0.1) is 17.6 Å². The summed E-state index contributed by atoms with van der Waals surface area (Å²) in [5.74, 6) is -0.0601. The van der Waals surface area contributed by atoms with Gasteiger partial charge in [0.2, 0.25) is 0 Å². The number of unbranched alkanes of at least 4 members (excludes halogenated alkanes) is 1. The highest BCUT2D eigenvalue weighted by Gasteiger charge is 2.46. The van der Waals surface area contributed by atoms with Crippen LogP contribution in [0.25, 0.3) is 11.0 Å². The Balaban J connectivity index is 1.57. The first-order chi connectivity index (χ1) is 16.1. The fourth-order valence-corrected chi connectivity index (χ4v) is 5.68. The molecule has 1 aromatic heterocycles. The van der Waals surface area contributed by atoms with E-state index in [-0.39, 0.29) is 12.0 Å². The second-order valence-electron chi connectivity index (χ2n) is 9.65. The van der Waals surface area contributed by atoms with Crippen molar-refractivity contribution in [1.29, 1.82) is 0 Å². The van der Waals surface area contributed by atoms with Crippen molar-refractivity contribution < 1.29 is 9.53 Å². The topological polar surface area (TPSA) is 84.4 Å². The number of hydrogen-bond acceptors (Lipinski definition) is 5. The second-order valence-corrected chi connectivity index (χ2v) is 9.65. The van der Waals surface area contributed by atoms with Crippen molar-refractivity contribution in [3.8, 4) is 0 Å². The third-order valence-corrected chi connectivity index (χ3v) is 7.55. The first-order valence-electron chi connectivity index (χ1n) is 12.7. The van der Waals surface area contributed by atoms with Crippen molar-refractivity contribution >= 4 is 17.0 Å². The highest BCUT2D eigenvalue weighted by molar-refractivity contribution is 5.81. The number of ether oxygens (including phenoxy) is 1. The third kappa shape index (κ3) is 4.93. The van der Waals surface area contributed by atoms with Crippen LogP contribution in [0.2, 0.25) is 0 Å². The normalized spacial score (nSPS) is 20.3. The molecule has 7 heteroatoms. The lowest BCUT2D eigenvalue weighted by Crippen LogP contribution is -2.58. The molecule has 7 nitrogen and oxygen atoms in total. The van der Waals surface area contributed by atoms with Gasteiger partial charge in [-0.05, 0) is 44.2 Å². The Morgan fingerprint density at radius 1 is 1.06 bits per heavy atom. The molecule has 2 aliphatic rings. The summed E-state index contributed by atoms with van der Waals surface area (Å²) >= 11 is 0. The van der Waals surface area contributed by atoms with E-state index in [4.69, 9.17) is 4.74 Å². The predicted octanol–water partition coefficient (Wildman–Crippen LogP) is 4.15. The van der Waals surface area contributed by atoms with Gasteiger partial charge in [-0.1, -0.05) is 57.6 Å². The zero-order chi connectivity index (χ0) is 23.3. The Hall–Kier alpha value is -2.41. The van der Waals surface area contributed by atoms with E-state index in [1.54, 1.807) is 4.57 Å². The minimum atomic E-state index is -0.577. The number of aromatic amines is 1. The number of carbonyl (C=O) groups is 1. The van der Waals surface area contributed by atoms with Gasteiger partial charge >= 0.3 is 17.1 Å². The SMILES string of the molecule is CCCCOC(=O)C1(N2CCC(n3c(=O)c(=O)[nH]c4ccccc43)CC2)CCCCCCC1. The number of nitrogens with zero attached hydrogens (tertiary/aromatic N) is 2. The van der Waals surface area contributed by atoms with Crippen molar-refractivity contribution in [3.05, 3.63) is 45.0 Å². The van der Waals surface area contributed by atoms with Crippen molar-refractivity contribution in [2.24, 2.45) is 0 Å². The summed E-state index contributed by atoms with van der Waals surface area (Å²) in [4.78, 5) is 43.5. The Labute approximate surface area is 195 Å². The number of para-hydroxylation sites is 2. The molecule has 1 aromatic carbocycles. The maximum atomic E-state index is 13.4. The highest BCUT2D eigenvalue weighted by Crippen LogP contribution is 2.37. The summed E-state index contributed by atoms with van der Waals surface area (Å²) in [6, 6.07) is 7.42. The van der Waals surface area contributed by atoms with Crippen molar-refractivity contribution in [2.75, 3.05) is 19.7 Å². The number of esters is 1. The molecule has 4 rings (SSSR count). The van der Waals surface area contributed by atoms with Gasteiger partial charge in [-0.3, -0.25) is 23.9 Å². The van der Waals surface area contributed by atoms with Crippen molar-refractivity contribution in [1.82, 2.24) is 14.5 Å². The lowest BCUT2D eigenvalue weighted by atomic mass is 9.81. The monoisotopic (exact) mass is 455 g/mol. The van der Waals surface area contributed by atoms with E-state index >= 15 is 0 Å². The molecule has 33 heavy (non-hydrogen) atoms. The molecule has 0 unspecified atom stereocenters. The molecule has 180 valence electrons. The maximum Gasteiger partial charge on any atom is 0.326 e. The van der Waals surface area contributed by atoms with E-state index < -0.39 is 16.7 Å². The van der Waals surface area contributed by atoms with Gasteiger partial charge in [0.25, 0.3) is 0 Å². The summed E-state index contributed by atoms with van der Waals surface area (Å²) in [7, 11) is 0.